The highest BCUT2D eigenvalue weighted by Crippen LogP contribution is 2.51. The smallest absolute Gasteiger partial charge is 0.406 e. The minimum Gasteiger partial charge on any atom is -0.406 e. The minimum atomic E-state index is -4.90. The van der Waals surface area contributed by atoms with Crippen LogP contribution in [0.4, 0.5) is 24.7 Å². The topological polar surface area (TPSA) is 98.1 Å². The maximum Gasteiger partial charge on any atom is 0.573 e. The van der Waals surface area contributed by atoms with E-state index in [4.69, 9.17) is 11.6 Å². The number of aromatic nitrogens is 3. The van der Waals surface area contributed by atoms with Gasteiger partial charge in [-0.15, -0.1) is 13.2 Å². The minimum absolute atomic E-state index is 0.175. The second-order valence-electron chi connectivity index (χ2n) is 7.37. The number of fused-ring (bicyclic) bond motifs is 4. The third-order valence-corrected chi connectivity index (χ3v) is 5.63. The number of pyridine rings is 1. The number of nitrogens with one attached hydrogen (secondary N) is 2. The Kier molecular flexibility index (Phi) is 4.41. The zero-order valence-electron chi connectivity index (χ0n) is 16.0. The molecule has 1 aromatic carbocycles. The molecule has 2 aromatic heterocycles. The summed E-state index contributed by atoms with van der Waals surface area (Å²) < 4.78 is 43.7. The lowest BCUT2D eigenvalue weighted by atomic mass is 9.72. The molecule has 0 fully saturated rings. The molecule has 12 heteroatoms. The van der Waals surface area contributed by atoms with Gasteiger partial charge >= 0.3 is 6.36 Å². The Morgan fingerprint density at radius 3 is 2.66 bits per heavy atom. The first-order valence-corrected chi connectivity index (χ1v) is 9.72. The number of carbonyl (C=O) groups excluding carboxylic acids is 2. The van der Waals surface area contributed by atoms with Gasteiger partial charge in [-0.2, -0.15) is 5.10 Å². The lowest BCUT2D eigenvalue weighted by Crippen LogP contribution is -2.43. The van der Waals surface area contributed by atoms with Gasteiger partial charge in [0.1, 0.15) is 17.0 Å². The lowest BCUT2D eigenvalue weighted by Gasteiger charge is -2.31. The fourth-order valence-electron chi connectivity index (χ4n) is 4.09. The van der Waals surface area contributed by atoms with Gasteiger partial charge in [0.2, 0.25) is 11.8 Å². The normalized spacial score (nSPS) is 19.4. The molecule has 0 saturated heterocycles. The Bertz CT molecular complexity index is 1260. The molecule has 3 aromatic rings. The number of ether oxygens (including phenoxy) is 1. The molecule has 0 bridgehead atoms. The molecule has 2 N–H and O–H groups in total. The summed E-state index contributed by atoms with van der Waals surface area (Å²) in [7, 11) is 0. The van der Waals surface area contributed by atoms with E-state index in [1.54, 1.807) is 12.1 Å². The Balaban J connectivity index is 1.61. The molecule has 164 valence electrons. The van der Waals surface area contributed by atoms with Gasteiger partial charge in [-0.25, -0.2) is 4.68 Å². The molecule has 2 amide bonds. The average molecular weight is 464 g/mol. The van der Waals surface area contributed by atoms with E-state index in [0.29, 0.717) is 22.0 Å². The first-order valence-electron chi connectivity index (χ1n) is 9.34. The van der Waals surface area contributed by atoms with Crippen molar-refractivity contribution in [3.63, 3.8) is 0 Å². The monoisotopic (exact) mass is 463 g/mol. The molecule has 0 saturated carbocycles. The molecule has 0 aliphatic carbocycles. The molecule has 2 aliphatic heterocycles. The first kappa shape index (κ1) is 20.3. The number of nitrogens with zero attached hydrogens (tertiary/aromatic N) is 3. The van der Waals surface area contributed by atoms with Crippen LogP contribution in [-0.2, 0) is 21.5 Å². The maximum absolute atomic E-state index is 13.1. The molecule has 1 unspecified atom stereocenters. The summed E-state index contributed by atoms with van der Waals surface area (Å²) in [5.74, 6) is -1.23. The maximum atomic E-state index is 13.1. The summed E-state index contributed by atoms with van der Waals surface area (Å²) >= 11 is 5.86. The van der Waals surface area contributed by atoms with Crippen LogP contribution in [-0.4, -0.2) is 32.9 Å². The van der Waals surface area contributed by atoms with Gasteiger partial charge < -0.3 is 15.4 Å². The fourth-order valence-corrected chi connectivity index (χ4v) is 4.20. The van der Waals surface area contributed by atoms with Gasteiger partial charge in [0.25, 0.3) is 0 Å². The second-order valence-corrected chi connectivity index (χ2v) is 7.81. The molecule has 32 heavy (non-hydrogen) atoms. The molecular weight excluding hydrogens is 451 g/mol. The van der Waals surface area contributed by atoms with E-state index in [9.17, 15) is 22.8 Å². The highest BCUT2D eigenvalue weighted by atomic mass is 35.5. The third kappa shape index (κ3) is 3.25. The number of benzene rings is 1. The molecule has 5 rings (SSSR count). The number of rotatable bonds is 3. The van der Waals surface area contributed by atoms with Crippen LogP contribution < -0.4 is 15.4 Å². The number of anilines is 2. The van der Waals surface area contributed by atoms with Gasteiger partial charge in [0.05, 0.1) is 23.5 Å². The van der Waals surface area contributed by atoms with Gasteiger partial charge in [-0.05, 0) is 30.3 Å². The average Bonchev–Trinajstić information content (AvgIpc) is 3.22. The van der Waals surface area contributed by atoms with E-state index < -0.39 is 29.3 Å². The van der Waals surface area contributed by atoms with E-state index in [1.807, 2.05) is 0 Å². The SMILES string of the molecule is O=C1CC2(C(=O)Nc3ccc(OC(F)(F)F)cc32)c2cnn(Cc3ccc(Cl)cn3)c2N1. The van der Waals surface area contributed by atoms with Crippen LogP contribution in [0.1, 0.15) is 23.2 Å². The summed E-state index contributed by atoms with van der Waals surface area (Å²) in [6.07, 6.45) is -2.30. The van der Waals surface area contributed by atoms with Gasteiger partial charge in [0.15, 0.2) is 0 Å². The Morgan fingerprint density at radius 1 is 1.12 bits per heavy atom. The Morgan fingerprint density at radius 2 is 1.94 bits per heavy atom. The molecular formula is C20H13ClF3N5O3. The van der Waals surface area contributed by atoms with Crippen molar-refractivity contribution in [2.45, 2.75) is 24.7 Å². The summed E-state index contributed by atoms with van der Waals surface area (Å²) in [6, 6.07) is 6.89. The van der Waals surface area contributed by atoms with Crippen molar-refractivity contribution < 1.29 is 27.5 Å². The standard InChI is InChI=1S/C20H13ClF3N5O3/c21-10-1-2-11(25-7-10)9-29-17-14(8-26-29)19(6-16(30)28-17)13-5-12(32-20(22,23)24)3-4-15(13)27-18(19)31/h1-5,7-8H,6,9H2,(H,27,31)(H,28,30). The number of carbonyl (C=O) groups is 2. The van der Waals surface area contributed by atoms with E-state index in [-0.39, 0.29) is 24.3 Å². The van der Waals surface area contributed by atoms with Crippen LogP contribution in [0.15, 0.2) is 42.7 Å². The van der Waals surface area contributed by atoms with E-state index >= 15 is 0 Å². The molecule has 2 aliphatic rings. The predicted octanol–water partition coefficient (Wildman–Crippen LogP) is 3.46. The van der Waals surface area contributed by atoms with Gasteiger partial charge in [-0.1, -0.05) is 11.6 Å². The summed E-state index contributed by atoms with van der Waals surface area (Å²) in [5, 5.41) is 10.1. The zero-order chi connectivity index (χ0) is 22.7. The van der Waals surface area contributed by atoms with Crippen molar-refractivity contribution in [3.05, 3.63) is 64.6 Å². The lowest BCUT2D eigenvalue weighted by molar-refractivity contribution is -0.274. The predicted molar refractivity (Wildman–Crippen MR) is 106 cm³/mol. The highest BCUT2D eigenvalue weighted by molar-refractivity contribution is 6.30. The third-order valence-electron chi connectivity index (χ3n) is 5.40. The largest absolute Gasteiger partial charge is 0.573 e. The molecule has 8 nitrogen and oxygen atoms in total. The van der Waals surface area contributed by atoms with Crippen molar-refractivity contribution in [2.75, 3.05) is 10.6 Å². The van der Waals surface area contributed by atoms with Crippen LogP contribution in [0.3, 0.4) is 0 Å². The van der Waals surface area contributed by atoms with Crippen LogP contribution >= 0.6 is 11.6 Å². The first-order chi connectivity index (χ1) is 15.2. The number of halogens is 4. The Labute approximate surface area is 183 Å². The van der Waals surface area contributed by atoms with Crippen molar-refractivity contribution in [3.8, 4) is 5.75 Å². The quantitative estimate of drug-likeness (QED) is 0.620. The number of hydrogen-bond donors (Lipinski definition) is 2. The molecule has 1 atom stereocenters. The van der Waals surface area contributed by atoms with Crippen LogP contribution in [0.2, 0.25) is 5.02 Å². The summed E-state index contributed by atoms with van der Waals surface area (Å²) in [6.45, 7) is 0.175. The summed E-state index contributed by atoms with van der Waals surface area (Å²) in [4.78, 5) is 29.9. The van der Waals surface area contributed by atoms with Crippen LogP contribution in [0, 0.1) is 0 Å². The number of alkyl halides is 3. The van der Waals surface area contributed by atoms with Gasteiger partial charge in [0, 0.05) is 29.4 Å². The second kappa shape index (κ2) is 6.95. The van der Waals surface area contributed by atoms with E-state index in [1.165, 1.54) is 23.1 Å². The van der Waals surface area contributed by atoms with Crippen molar-refractivity contribution in [2.24, 2.45) is 0 Å². The van der Waals surface area contributed by atoms with Gasteiger partial charge in [-0.3, -0.25) is 14.6 Å². The summed E-state index contributed by atoms with van der Waals surface area (Å²) in [5.41, 5.74) is -0.0523. The van der Waals surface area contributed by atoms with Crippen LogP contribution in [0.25, 0.3) is 0 Å². The van der Waals surface area contributed by atoms with Crippen molar-refractivity contribution >= 4 is 34.9 Å². The molecule has 4 heterocycles. The number of amides is 2. The van der Waals surface area contributed by atoms with Crippen molar-refractivity contribution in [1.29, 1.82) is 0 Å². The van der Waals surface area contributed by atoms with E-state index in [2.05, 4.69) is 25.5 Å². The molecule has 0 radical (unpaired) electrons. The molecule has 1 spiro atoms. The Hall–Kier alpha value is -3.60. The number of hydrogen-bond acceptors (Lipinski definition) is 5. The fraction of sp³-hybridized carbons (Fsp3) is 0.200. The van der Waals surface area contributed by atoms with E-state index in [0.717, 1.165) is 12.1 Å². The van der Waals surface area contributed by atoms with Crippen molar-refractivity contribution in [1.82, 2.24) is 14.8 Å². The zero-order valence-corrected chi connectivity index (χ0v) is 16.8. The van der Waals surface area contributed by atoms with Crippen LogP contribution in [0.5, 0.6) is 5.75 Å². The highest BCUT2D eigenvalue weighted by Gasteiger charge is 2.54.